The minimum atomic E-state index is 0.121. The van der Waals surface area contributed by atoms with Gasteiger partial charge in [-0.15, -0.1) is 0 Å². The van der Waals surface area contributed by atoms with Crippen LogP contribution in [-0.2, 0) is 11.3 Å². The smallest absolute Gasteiger partial charge is 0.228 e. The number of hydrogen-bond acceptors (Lipinski definition) is 2. The Balaban J connectivity index is 1.59. The zero-order valence-electron chi connectivity index (χ0n) is 12.9. The third kappa shape index (κ3) is 2.72. The number of anilines is 1. The third-order valence-corrected chi connectivity index (χ3v) is 4.64. The maximum Gasteiger partial charge on any atom is 0.228 e. The van der Waals surface area contributed by atoms with Crippen molar-refractivity contribution in [3.05, 3.63) is 60.3 Å². The Bertz CT molecular complexity index is 843. The van der Waals surface area contributed by atoms with Crippen LogP contribution in [0.15, 0.2) is 54.7 Å². The predicted molar refractivity (Wildman–Crippen MR) is 91.2 cm³/mol. The van der Waals surface area contributed by atoms with Crippen LogP contribution in [0.1, 0.15) is 24.8 Å². The quantitative estimate of drug-likeness (QED) is 0.796. The fourth-order valence-electron chi connectivity index (χ4n) is 3.06. The fraction of sp³-hybridized carbons (Fsp3) is 0.263. The molecule has 23 heavy (non-hydrogen) atoms. The molecule has 4 rings (SSSR count). The molecule has 2 aromatic carbocycles. The second-order valence-corrected chi connectivity index (χ2v) is 6.13. The molecule has 1 heterocycles. The third-order valence-electron chi connectivity index (χ3n) is 4.64. The topological polar surface area (TPSA) is 46.9 Å². The summed E-state index contributed by atoms with van der Waals surface area (Å²) in [6, 6.07) is 16.5. The zero-order chi connectivity index (χ0) is 15.6. The Morgan fingerprint density at radius 3 is 2.78 bits per heavy atom. The van der Waals surface area contributed by atoms with Crippen molar-refractivity contribution in [1.29, 1.82) is 0 Å². The first-order valence-corrected chi connectivity index (χ1v) is 8.10. The summed E-state index contributed by atoms with van der Waals surface area (Å²) in [6.07, 6.45) is 4.90. The number of nitrogens with zero attached hydrogens (tertiary/aromatic N) is 2. The van der Waals surface area contributed by atoms with E-state index >= 15 is 0 Å². The Morgan fingerprint density at radius 1 is 1.13 bits per heavy atom. The maximum atomic E-state index is 12.2. The van der Waals surface area contributed by atoms with Gasteiger partial charge in [-0.05, 0) is 29.2 Å². The second-order valence-electron chi connectivity index (χ2n) is 6.13. The van der Waals surface area contributed by atoms with Gasteiger partial charge in [-0.3, -0.25) is 4.79 Å². The van der Waals surface area contributed by atoms with Gasteiger partial charge >= 0.3 is 0 Å². The Kier molecular flexibility index (Phi) is 3.58. The standard InChI is InChI=1S/C19H19N3O/c23-19(15-7-4-8-15)21-18-11-12-20-22(18)13-16-9-3-6-14-5-1-2-10-17(14)16/h1-3,5-6,9-12,15H,4,7-8,13H2,(H,21,23). The van der Waals surface area contributed by atoms with E-state index in [1.807, 2.05) is 22.9 Å². The first-order chi connectivity index (χ1) is 11.3. The van der Waals surface area contributed by atoms with Crippen LogP contribution in [0.5, 0.6) is 0 Å². The molecule has 1 N–H and O–H groups in total. The lowest BCUT2D eigenvalue weighted by atomic mass is 9.85. The van der Waals surface area contributed by atoms with Crippen LogP contribution in [-0.4, -0.2) is 15.7 Å². The Labute approximate surface area is 135 Å². The lowest BCUT2D eigenvalue weighted by Crippen LogP contribution is -2.29. The number of hydrogen-bond donors (Lipinski definition) is 1. The number of rotatable bonds is 4. The number of carbonyl (C=O) groups is 1. The highest BCUT2D eigenvalue weighted by Gasteiger charge is 2.25. The molecule has 0 spiro atoms. The van der Waals surface area contributed by atoms with Crippen LogP contribution < -0.4 is 5.32 Å². The Hall–Kier alpha value is -2.62. The minimum absolute atomic E-state index is 0.121. The Morgan fingerprint density at radius 2 is 1.96 bits per heavy atom. The summed E-state index contributed by atoms with van der Waals surface area (Å²) >= 11 is 0. The van der Waals surface area contributed by atoms with Gasteiger partial charge in [0.2, 0.25) is 5.91 Å². The van der Waals surface area contributed by atoms with E-state index in [0.29, 0.717) is 6.54 Å². The normalized spacial score (nSPS) is 14.6. The number of carbonyl (C=O) groups excluding carboxylic acids is 1. The molecule has 0 unspecified atom stereocenters. The molecule has 1 aliphatic carbocycles. The van der Waals surface area contributed by atoms with Crippen LogP contribution >= 0.6 is 0 Å². The fourth-order valence-corrected chi connectivity index (χ4v) is 3.06. The number of amides is 1. The first-order valence-electron chi connectivity index (χ1n) is 8.10. The number of nitrogens with one attached hydrogen (secondary N) is 1. The molecule has 1 aliphatic rings. The van der Waals surface area contributed by atoms with Gasteiger partial charge in [0.05, 0.1) is 12.7 Å². The van der Waals surface area contributed by atoms with Crippen molar-refractivity contribution in [2.24, 2.45) is 5.92 Å². The van der Waals surface area contributed by atoms with Crippen molar-refractivity contribution in [1.82, 2.24) is 9.78 Å². The predicted octanol–water partition coefficient (Wildman–Crippen LogP) is 3.82. The van der Waals surface area contributed by atoms with E-state index in [1.165, 1.54) is 16.3 Å². The molecule has 0 saturated heterocycles. The van der Waals surface area contributed by atoms with Crippen LogP contribution in [0.25, 0.3) is 10.8 Å². The van der Waals surface area contributed by atoms with Crippen molar-refractivity contribution in [3.8, 4) is 0 Å². The van der Waals surface area contributed by atoms with Gasteiger partial charge in [0.25, 0.3) is 0 Å². The molecule has 3 aromatic rings. The summed E-state index contributed by atoms with van der Waals surface area (Å²) in [6.45, 7) is 0.647. The van der Waals surface area contributed by atoms with Gasteiger partial charge in [-0.1, -0.05) is 48.9 Å². The van der Waals surface area contributed by atoms with Crippen LogP contribution in [0.3, 0.4) is 0 Å². The molecule has 0 atom stereocenters. The van der Waals surface area contributed by atoms with Crippen LogP contribution in [0.2, 0.25) is 0 Å². The summed E-state index contributed by atoms with van der Waals surface area (Å²) in [5.74, 6) is 1.07. The van der Waals surface area contributed by atoms with Crippen LogP contribution in [0, 0.1) is 5.92 Å². The molecule has 1 amide bonds. The van der Waals surface area contributed by atoms with Crippen molar-refractivity contribution in [3.63, 3.8) is 0 Å². The highest BCUT2D eigenvalue weighted by atomic mass is 16.2. The molecule has 0 aliphatic heterocycles. The second kappa shape index (κ2) is 5.88. The highest BCUT2D eigenvalue weighted by molar-refractivity contribution is 5.92. The molecule has 0 radical (unpaired) electrons. The van der Waals surface area contributed by atoms with Gasteiger partial charge in [0, 0.05) is 12.0 Å². The number of aromatic nitrogens is 2. The summed E-state index contributed by atoms with van der Waals surface area (Å²) in [4.78, 5) is 12.2. The molecule has 0 bridgehead atoms. The largest absolute Gasteiger partial charge is 0.311 e. The van der Waals surface area contributed by atoms with E-state index in [2.05, 4.69) is 40.7 Å². The molecule has 1 saturated carbocycles. The van der Waals surface area contributed by atoms with Crippen molar-refractivity contribution >= 4 is 22.5 Å². The molecule has 1 aromatic heterocycles. The molecular weight excluding hydrogens is 286 g/mol. The van der Waals surface area contributed by atoms with Gasteiger partial charge in [-0.25, -0.2) is 4.68 Å². The maximum absolute atomic E-state index is 12.2. The van der Waals surface area contributed by atoms with E-state index in [1.54, 1.807) is 6.20 Å². The SMILES string of the molecule is O=C(Nc1ccnn1Cc1cccc2ccccc12)C1CCC1. The summed E-state index contributed by atoms with van der Waals surface area (Å²) < 4.78 is 1.86. The number of benzene rings is 2. The van der Waals surface area contributed by atoms with Crippen molar-refractivity contribution in [2.45, 2.75) is 25.8 Å². The van der Waals surface area contributed by atoms with Crippen LogP contribution in [0.4, 0.5) is 5.82 Å². The summed E-state index contributed by atoms with van der Waals surface area (Å²) in [7, 11) is 0. The average molecular weight is 305 g/mol. The van der Waals surface area contributed by atoms with Gasteiger partial charge < -0.3 is 5.32 Å². The van der Waals surface area contributed by atoms with Gasteiger partial charge in [0.1, 0.15) is 5.82 Å². The monoisotopic (exact) mass is 305 g/mol. The van der Waals surface area contributed by atoms with E-state index in [0.717, 1.165) is 25.1 Å². The van der Waals surface area contributed by atoms with Gasteiger partial charge in [-0.2, -0.15) is 5.10 Å². The molecule has 4 heteroatoms. The lowest BCUT2D eigenvalue weighted by molar-refractivity contribution is -0.122. The highest BCUT2D eigenvalue weighted by Crippen LogP contribution is 2.28. The minimum Gasteiger partial charge on any atom is -0.311 e. The summed E-state index contributed by atoms with van der Waals surface area (Å²) in [5, 5.41) is 9.84. The molecule has 4 nitrogen and oxygen atoms in total. The van der Waals surface area contributed by atoms with E-state index in [4.69, 9.17) is 0 Å². The van der Waals surface area contributed by atoms with Crippen molar-refractivity contribution < 1.29 is 4.79 Å². The molecular formula is C19H19N3O. The van der Waals surface area contributed by atoms with E-state index in [-0.39, 0.29) is 11.8 Å². The lowest BCUT2D eigenvalue weighted by Gasteiger charge is -2.24. The number of fused-ring (bicyclic) bond motifs is 1. The molecule has 116 valence electrons. The van der Waals surface area contributed by atoms with Gasteiger partial charge in [0.15, 0.2) is 0 Å². The molecule has 1 fully saturated rings. The van der Waals surface area contributed by atoms with E-state index < -0.39 is 0 Å². The zero-order valence-corrected chi connectivity index (χ0v) is 12.9. The summed E-state index contributed by atoms with van der Waals surface area (Å²) in [5.41, 5.74) is 1.20. The first kappa shape index (κ1) is 14.0. The van der Waals surface area contributed by atoms with Crippen molar-refractivity contribution in [2.75, 3.05) is 5.32 Å². The van der Waals surface area contributed by atoms with E-state index in [9.17, 15) is 4.79 Å². The average Bonchev–Trinajstić information content (AvgIpc) is 2.93.